The van der Waals surface area contributed by atoms with E-state index in [1.54, 1.807) is 25.3 Å². The van der Waals surface area contributed by atoms with Crippen LogP contribution in [-0.4, -0.2) is 61.2 Å². The summed E-state index contributed by atoms with van der Waals surface area (Å²) in [6, 6.07) is 8.01. The lowest BCUT2D eigenvalue weighted by Crippen LogP contribution is -2.51. The molecule has 158 valence electrons. The zero-order chi connectivity index (χ0) is 21.2. The highest BCUT2D eigenvalue weighted by molar-refractivity contribution is 7.89. The summed E-state index contributed by atoms with van der Waals surface area (Å²) in [5.41, 5.74) is 3.20. The number of methoxy groups -OCH3 is 1. The van der Waals surface area contributed by atoms with Crippen LogP contribution in [0.1, 0.15) is 36.5 Å². The van der Waals surface area contributed by atoms with Gasteiger partial charge >= 0.3 is 0 Å². The summed E-state index contributed by atoms with van der Waals surface area (Å²) in [5, 5.41) is -0.400. The van der Waals surface area contributed by atoms with Crippen LogP contribution in [0.25, 0.3) is 0 Å². The predicted molar refractivity (Wildman–Crippen MR) is 115 cm³/mol. The SMILES string of the molecule is COc1ccc(Cc2c(C)nc(C)nc2N2CCN(S(=O)(=O)C(C)C)CC2)cc1. The number of ether oxygens (including phenoxy) is 1. The number of nitrogens with zero attached hydrogens (tertiary/aromatic N) is 4. The van der Waals surface area contributed by atoms with E-state index in [-0.39, 0.29) is 0 Å². The molecule has 0 radical (unpaired) electrons. The summed E-state index contributed by atoms with van der Waals surface area (Å²) in [6.07, 6.45) is 0.718. The van der Waals surface area contributed by atoms with E-state index in [1.165, 1.54) is 0 Å². The zero-order valence-electron chi connectivity index (χ0n) is 17.8. The van der Waals surface area contributed by atoms with Gasteiger partial charge in [0.15, 0.2) is 0 Å². The fourth-order valence-corrected chi connectivity index (χ4v) is 4.85. The molecule has 0 atom stereocenters. The van der Waals surface area contributed by atoms with Gasteiger partial charge in [0.25, 0.3) is 0 Å². The van der Waals surface area contributed by atoms with Gasteiger partial charge in [0.2, 0.25) is 10.0 Å². The molecule has 7 nitrogen and oxygen atoms in total. The van der Waals surface area contributed by atoms with Gasteiger partial charge in [-0.05, 0) is 45.4 Å². The molecule has 1 aromatic heterocycles. The van der Waals surface area contributed by atoms with Crippen molar-refractivity contribution in [2.45, 2.75) is 39.4 Å². The van der Waals surface area contributed by atoms with Crippen molar-refractivity contribution in [3.8, 4) is 5.75 Å². The molecule has 1 aliphatic heterocycles. The first kappa shape index (κ1) is 21.5. The molecule has 1 saturated heterocycles. The Bertz CT molecular complexity index is 951. The third-order valence-corrected chi connectivity index (χ3v) is 7.61. The second kappa shape index (κ2) is 8.67. The molecule has 2 heterocycles. The Balaban J connectivity index is 1.84. The van der Waals surface area contributed by atoms with Crippen molar-refractivity contribution in [3.63, 3.8) is 0 Å². The fourth-order valence-electron chi connectivity index (χ4n) is 3.59. The van der Waals surface area contributed by atoms with Crippen LogP contribution in [0.4, 0.5) is 5.82 Å². The average molecular weight is 419 g/mol. The molecule has 0 amide bonds. The minimum atomic E-state index is -3.23. The lowest BCUT2D eigenvalue weighted by molar-refractivity contribution is 0.379. The van der Waals surface area contributed by atoms with E-state index in [4.69, 9.17) is 9.72 Å². The Morgan fingerprint density at radius 3 is 2.21 bits per heavy atom. The molecule has 3 rings (SSSR count). The van der Waals surface area contributed by atoms with Crippen LogP contribution in [0.15, 0.2) is 24.3 Å². The smallest absolute Gasteiger partial charge is 0.216 e. The maximum absolute atomic E-state index is 12.5. The second-order valence-electron chi connectivity index (χ2n) is 7.66. The quantitative estimate of drug-likeness (QED) is 0.718. The Morgan fingerprint density at radius 1 is 1.03 bits per heavy atom. The molecule has 1 aromatic carbocycles. The van der Waals surface area contributed by atoms with Gasteiger partial charge in [-0.1, -0.05) is 12.1 Å². The first-order valence-corrected chi connectivity index (χ1v) is 11.4. The van der Waals surface area contributed by atoms with Crippen molar-refractivity contribution in [1.29, 1.82) is 0 Å². The van der Waals surface area contributed by atoms with Crippen molar-refractivity contribution < 1.29 is 13.2 Å². The lowest BCUT2D eigenvalue weighted by atomic mass is 10.0. The first-order valence-electron chi connectivity index (χ1n) is 9.93. The monoisotopic (exact) mass is 418 g/mol. The number of aromatic nitrogens is 2. The first-order chi connectivity index (χ1) is 13.7. The largest absolute Gasteiger partial charge is 0.497 e. The van der Waals surface area contributed by atoms with E-state index >= 15 is 0 Å². The van der Waals surface area contributed by atoms with Crippen LogP contribution < -0.4 is 9.64 Å². The van der Waals surface area contributed by atoms with E-state index < -0.39 is 15.3 Å². The maximum Gasteiger partial charge on any atom is 0.216 e. The van der Waals surface area contributed by atoms with Gasteiger partial charge in [-0.25, -0.2) is 18.4 Å². The van der Waals surface area contributed by atoms with Gasteiger partial charge in [-0.15, -0.1) is 0 Å². The number of rotatable bonds is 6. The van der Waals surface area contributed by atoms with Gasteiger partial charge in [0, 0.05) is 43.9 Å². The van der Waals surface area contributed by atoms with E-state index in [0.29, 0.717) is 26.2 Å². The number of sulfonamides is 1. The van der Waals surface area contributed by atoms with Gasteiger partial charge in [-0.2, -0.15) is 4.31 Å². The summed E-state index contributed by atoms with van der Waals surface area (Å²) in [7, 11) is -1.57. The molecule has 29 heavy (non-hydrogen) atoms. The molecule has 0 spiro atoms. The van der Waals surface area contributed by atoms with Crippen molar-refractivity contribution >= 4 is 15.8 Å². The molecule has 0 bridgehead atoms. The van der Waals surface area contributed by atoms with E-state index in [2.05, 4.69) is 22.0 Å². The van der Waals surface area contributed by atoms with Crippen LogP contribution in [0.2, 0.25) is 0 Å². The Hall–Kier alpha value is -2.19. The number of hydrogen-bond acceptors (Lipinski definition) is 6. The van der Waals surface area contributed by atoms with Gasteiger partial charge < -0.3 is 9.64 Å². The molecule has 1 aliphatic rings. The van der Waals surface area contributed by atoms with E-state index in [9.17, 15) is 8.42 Å². The fraction of sp³-hybridized carbons (Fsp3) is 0.524. The van der Waals surface area contributed by atoms with Gasteiger partial charge in [-0.3, -0.25) is 0 Å². The molecule has 0 unspecified atom stereocenters. The Kier molecular flexibility index (Phi) is 6.43. The van der Waals surface area contributed by atoms with Crippen LogP contribution in [-0.2, 0) is 16.4 Å². The standard InChI is InChI=1S/C21H30N4O3S/c1-15(2)29(26,27)25-12-10-24(11-13-25)21-20(16(3)22-17(4)23-21)14-18-6-8-19(28-5)9-7-18/h6-9,15H,10-14H2,1-5H3. The molecular weight excluding hydrogens is 388 g/mol. The third-order valence-electron chi connectivity index (χ3n) is 5.34. The molecular formula is C21H30N4O3S. The van der Waals surface area contributed by atoms with Gasteiger partial charge in [0.05, 0.1) is 12.4 Å². The van der Waals surface area contributed by atoms with Crippen LogP contribution in [0, 0.1) is 13.8 Å². The summed E-state index contributed by atoms with van der Waals surface area (Å²) >= 11 is 0. The summed E-state index contributed by atoms with van der Waals surface area (Å²) in [5.74, 6) is 2.47. The van der Waals surface area contributed by atoms with E-state index in [0.717, 1.165) is 40.6 Å². The maximum atomic E-state index is 12.5. The minimum absolute atomic E-state index is 0.400. The van der Waals surface area contributed by atoms with Gasteiger partial charge in [0.1, 0.15) is 17.4 Å². The van der Waals surface area contributed by atoms with Crippen LogP contribution in [0.3, 0.4) is 0 Å². The van der Waals surface area contributed by atoms with Crippen LogP contribution in [0.5, 0.6) is 5.75 Å². The normalized spacial score (nSPS) is 15.7. The Morgan fingerprint density at radius 2 is 1.66 bits per heavy atom. The summed E-state index contributed by atoms with van der Waals surface area (Å²) < 4.78 is 31.8. The topological polar surface area (TPSA) is 75.6 Å². The highest BCUT2D eigenvalue weighted by atomic mass is 32.2. The number of aryl methyl sites for hydroxylation is 2. The summed E-state index contributed by atoms with van der Waals surface area (Å²) in [4.78, 5) is 11.5. The molecule has 0 saturated carbocycles. The number of piperazine rings is 1. The van der Waals surface area contributed by atoms with E-state index in [1.807, 2.05) is 26.0 Å². The second-order valence-corrected chi connectivity index (χ2v) is 10.2. The summed E-state index contributed by atoms with van der Waals surface area (Å²) in [6.45, 7) is 9.56. The van der Waals surface area contributed by atoms with Crippen molar-refractivity contribution in [2.75, 3.05) is 38.2 Å². The number of benzene rings is 1. The molecule has 0 N–H and O–H groups in total. The highest BCUT2D eigenvalue weighted by Crippen LogP contribution is 2.26. The lowest BCUT2D eigenvalue weighted by Gasteiger charge is -2.36. The molecule has 2 aromatic rings. The molecule has 0 aliphatic carbocycles. The minimum Gasteiger partial charge on any atom is -0.497 e. The predicted octanol–water partition coefficient (Wildman–Crippen LogP) is 2.55. The third kappa shape index (κ3) is 4.70. The number of anilines is 1. The number of hydrogen-bond donors (Lipinski definition) is 0. The molecule has 1 fully saturated rings. The Labute approximate surface area is 173 Å². The van der Waals surface area contributed by atoms with Crippen molar-refractivity contribution in [3.05, 3.63) is 46.9 Å². The molecule has 8 heteroatoms. The van der Waals surface area contributed by atoms with Crippen molar-refractivity contribution in [2.24, 2.45) is 0 Å². The van der Waals surface area contributed by atoms with Crippen molar-refractivity contribution in [1.82, 2.24) is 14.3 Å². The highest BCUT2D eigenvalue weighted by Gasteiger charge is 2.30. The van der Waals surface area contributed by atoms with Crippen LogP contribution >= 0.6 is 0 Å². The zero-order valence-corrected chi connectivity index (χ0v) is 18.7. The average Bonchev–Trinajstić information content (AvgIpc) is 2.70.